The Morgan fingerprint density at radius 1 is 1.17 bits per heavy atom. The van der Waals surface area contributed by atoms with E-state index in [4.69, 9.17) is 14.2 Å². The molecule has 4 aliphatic heterocycles. The Morgan fingerprint density at radius 2 is 1.98 bits per heavy atom. The maximum absolute atomic E-state index is 14.3. The van der Waals surface area contributed by atoms with Crippen LogP contribution in [0.2, 0.25) is 0 Å². The van der Waals surface area contributed by atoms with Crippen LogP contribution in [0.1, 0.15) is 37.3 Å². The topological polar surface area (TPSA) is 159 Å². The maximum Gasteiger partial charge on any atom is 0.407 e. The fourth-order valence-corrected chi connectivity index (χ4v) is 8.40. The van der Waals surface area contributed by atoms with Gasteiger partial charge in [0, 0.05) is 50.8 Å². The van der Waals surface area contributed by atoms with Crippen LogP contribution in [0.5, 0.6) is 0 Å². The lowest BCUT2D eigenvalue weighted by Crippen LogP contribution is -2.51. The van der Waals surface area contributed by atoms with Gasteiger partial charge in [-0.25, -0.2) is 13.2 Å². The number of hydrogen-bond donors (Lipinski definition) is 4. The predicted molar refractivity (Wildman–Crippen MR) is 177 cm³/mol. The van der Waals surface area contributed by atoms with E-state index in [0.29, 0.717) is 24.4 Å². The van der Waals surface area contributed by atoms with E-state index in [9.17, 15) is 23.1 Å². The molecule has 0 saturated carbocycles. The third-order valence-electron chi connectivity index (χ3n) is 9.24. The first-order valence-electron chi connectivity index (χ1n) is 16.6. The van der Waals surface area contributed by atoms with Crippen LogP contribution in [0.25, 0.3) is 0 Å². The second-order valence-electron chi connectivity index (χ2n) is 13.2. The number of nitrogens with zero attached hydrogens (tertiary/aromatic N) is 2. The van der Waals surface area contributed by atoms with Crippen molar-refractivity contribution in [3.05, 3.63) is 72.1 Å². The average Bonchev–Trinajstić information content (AvgIpc) is 3.77. The maximum atomic E-state index is 14.3. The minimum Gasteiger partial charge on any atom is -0.443 e. The van der Waals surface area contributed by atoms with Crippen LogP contribution in [0, 0.1) is 11.8 Å². The van der Waals surface area contributed by atoms with Gasteiger partial charge >= 0.3 is 6.09 Å². The highest BCUT2D eigenvalue weighted by Gasteiger charge is 2.44. The molecule has 4 aliphatic rings. The number of fused-ring (bicyclic) bond motifs is 2. The summed E-state index contributed by atoms with van der Waals surface area (Å²) in [5, 5.41) is 20.5. The highest BCUT2D eigenvalue weighted by atomic mass is 32.2. The molecule has 0 radical (unpaired) electrons. The van der Waals surface area contributed by atoms with Gasteiger partial charge in [-0.15, -0.1) is 0 Å². The fraction of sp³-hybridized carbons (Fsp3) is 0.529. The number of aliphatic hydroxyl groups excluding tert-OH is 1. The lowest BCUT2D eigenvalue weighted by Gasteiger charge is -2.31. The first-order chi connectivity index (χ1) is 23.1. The number of benzene rings is 2. The van der Waals surface area contributed by atoms with Crippen LogP contribution in [-0.4, -0.2) is 105 Å². The van der Waals surface area contributed by atoms with Crippen molar-refractivity contribution in [1.82, 2.24) is 19.8 Å². The fourth-order valence-electron chi connectivity index (χ4n) is 6.74. The molecule has 4 N–H and O–H groups in total. The van der Waals surface area contributed by atoms with E-state index in [-0.39, 0.29) is 55.0 Å². The molecule has 0 aromatic heterocycles. The van der Waals surface area contributed by atoms with Crippen LogP contribution >= 0.6 is 0 Å². The van der Waals surface area contributed by atoms with Gasteiger partial charge in [0.05, 0.1) is 42.1 Å². The molecule has 2 saturated heterocycles. The largest absolute Gasteiger partial charge is 0.443 e. The summed E-state index contributed by atoms with van der Waals surface area (Å²) in [5.41, 5.74) is 2.07. The highest BCUT2D eigenvalue weighted by molar-refractivity contribution is 7.89. The molecule has 2 fully saturated rings. The van der Waals surface area contributed by atoms with E-state index < -0.39 is 40.3 Å². The van der Waals surface area contributed by atoms with Crippen LogP contribution in [0.15, 0.2) is 65.8 Å². The molecule has 0 bridgehead atoms. The predicted octanol–water partition coefficient (Wildman–Crippen LogP) is 2.21. The van der Waals surface area contributed by atoms with E-state index in [0.717, 1.165) is 25.1 Å². The van der Waals surface area contributed by atoms with Crippen LogP contribution in [0.3, 0.4) is 0 Å². The number of carbonyl (C=O) groups is 2. The molecule has 13 nitrogen and oxygen atoms in total. The minimum atomic E-state index is -4.13. The van der Waals surface area contributed by atoms with Crippen molar-refractivity contribution in [3.8, 4) is 0 Å². The molecule has 0 spiro atoms. The summed E-state index contributed by atoms with van der Waals surface area (Å²) in [6.45, 7) is 6.32. The number of rotatable bonds is 13. The van der Waals surface area contributed by atoms with E-state index in [1.807, 2.05) is 61.5 Å². The number of hydrogen-bond acceptors (Lipinski definition) is 10. The summed E-state index contributed by atoms with van der Waals surface area (Å²) in [7, 11) is -4.13. The monoisotopic (exact) mass is 683 g/mol. The molecular formula is C34H45N5O8S. The first-order valence-corrected chi connectivity index (χ1v) is 18.0. The van der Waals surface area contributed by atoms with Crippen molar-refractivity contribution in [1.29, 1.82) is 0 Å². The highest BCUT2D eigenvalue weighted by Crippen LogP contribution is 2.36. The molecule has 14 heteroatoms. The summed E-state index contributed by atoms with van der Waals surface area (Å²) in [6.07, 6.45) is 1.84. The smallest absolute Gasteiger partial charge is 0.407 e. The van der Waals surface area contributed by atoms with Crippen molar-refractivity contribution < 1.29 is 37.3 Å². The van der Waals surface area contributed by atoms with Gasteiger partial charge in [-0.1, -0.05) is 44.2 Å². The van der Waals surface area contributed by atoms with Gasteiger partial charge in [-0.3, -0.25) is 4.79 Å². The lowest BCUT2D eigenvalue weighted by atomic mass is 10.00. The quantitative estimate of drug-likeness (QED) is 0.247. The molecule has 0 aliphatic carbocycles. The number of alkyl carbamates (subject to hydrolysis) is 1. The Balaban J connectivity index is 1.21. The number of amides is 2. The van der Waals surface area contributed by atoms with Crippen LogP contribution < -0.4 is 16.0 Å². The molecule has 6 atom stereocenters. The van der Waals surface area contributed by atoms with Crippen molar-refractivity contribution in [3.63, 3.8) is 0 Å². The number of carbonyl (C=O) groups excluding carboxylic acids is 2. The molecular weight excluding hydrogens is 638 g/mol. The van der Waals surface area contributed by atoms with E-state index >= 15 is 0 Å². The zero-order chi connectivity index (χ0) is 33.8. The Hall–Kier alpha value is -3.69. The van der Waals surface area contributed by atoms with Gasteiger partial charge in [0.2, 0.25) is 15.9 Å². The summed E-state index contributed by atoms with van der Waals surface area (Å²) in [5.74, 6) is -0.830. The molecule has 2 aromatic rings. The second kappa shape index (κ2) is 14.8. The molecule has 2 amide bonds. The molecule has 2 aromatic carbocycles. The SMILES string of the molecule is CC(C)CN(CC(O)C(Cc1ccccc1)NC(=O)OC1COC2OCCC12)S(=O)(=O)c1ccc2c(c1)C(CN1C=CNCC1)C(=O)N2. The van der Waals surface area contributed by atoms with Crippen molar-refractivity contribution >= 4 is 27.7 Å². The van der Waals surface area contributed by atoms with E-state index in [1.165, 1.54) is 10.4 Å². The summed E-state index contributed by atoms with van der Waals surface area (Å²) < 4.78 is 46.7. The number of nitrogens with one attached hydrogen (secondary N) is 3. The summed E-state index contributed by atoms with van der Waals surface area (Å²) in [4.78, 5) is 28.2. The van der Waals surface area contributed by atoms with Gasteiger partial charge in [-0.05, 0) is 48.1 Å². The summed E-state index contributed by atoms with van der Waals surface area (Å²) >= 11 is 0. The average molecular weight is 684 g/mol. The first kappa shape index (κ1) is 34.2. The van der Waals surface area contributed by atoms with Gasteiger partial charge < -0.3 is 40.2 Å². The number of sulfonamides is 1. The van der Waals surface area contributed by atoms with Crippen molar-refractivity contribution in [2.24, 2.45) is 11.8 Å². The van der Waals surface area contributed by atoms with Crippen LogP contribution in [-0.2, 0) is 35.4 Å². The van der Waals surface area contributed by atoms with Gasteiger partial charge in [-0.2, -0.15) is 4.31 Å². The molecule has 6 unspecified atom stereocenters. The normalized spacial score (nSPS) is 24.6. The van der Waals surface area contributed by atoms with E-state index in [2.05, 4.69) is 16.0 Å². The Kier molecular flexibility index (Phi) is 10.6. The van der Waals surface area contributed by atoms with Crippen LogP contribution in [0.4, 0.5) is 10.5 Å². The Labute approximate surface area is 281 Å². The summed E-state index contributed by atoms with van der Waals surface area (Å²) in [6, 6.07) is 13.2. The Bertz CT molecular complexity index is 1590. The van der Waals surface area contributed by atoms with Gasteiger partial charge in [0.25, 0.3) is 0 Å². The number of aliphatic hydroxyl groups is 1. The third kappa shape index (κ3) is 7.78. The molecule has 6 rings (SSSR count). The minimum absolute atomic E-state index is 0.0352. The number of anilines is 1. The zero-order valence-corrected chi connectivity index (χ0v) is 28.1. The standard InChI is InChI=1S/C34H45N5O8S/c1-22(2)18-39(48(43,44)24-8-9-28-26(17-24)27(32(41)36-28)19-38-13-11-35-12-14-38)20-30(40)29(16-23-6-4-3-5-7-23)37-34(42)47-31-21-46-33-25(31)10-15-45-33/h3-9,11,13,17,22,25,27,29-31,33,35,40H,10,12,14-16,18-21H2,1-2H3,(H,36,41)(H,37,42). The molecule has 260 valence electrons. The molecule has 48 heavy (non-hydrogen) atoms. The lowest BCUT2D eigenvalue weighted by molar-refractivity contribution is -0.117. The van der Waals surface area contributed by atoms with Gasteiger partial charge in [0.15, 0.2) is 6.29 Å². The third-order valence-corrected chi connectivity index (χ3v) is 11.1. The molecule has 4 heterocycles. The zero-order valence-electron chi connectivity index (χ0n) is 27.3. The second-order valence-corrected chi connectivity index (χ2v) is 15.2. The number of ether oxygens (including phenoxy) is 3. The Morgan fingerprint density at radius 3 is 2.73 bits per heavy atom. The van der Waals surface area contributed by atoms with Crippen molar-refractivity contribution in [2.75, 3.05) is 51.3 Å². The van der Waals surface area contributed by atoms with Crippen molar-refractivity contribution in [2.45, 2.75) is 62.0 Å². The van der Waals surface area contributed by atoms with Gasteiger partial charge in [0.1, 0.15) is 6.10 Å². The van der Waals surface area contributed by atoms with E-state index in [1.54, 1.807) is 12.1 Å².